The van der Waals surface area contributed by atoms with E-state index < -0.39 is 17.9 Å². The lowest BCUT2D eigenvalue weighted by Crippen LogP contribution is -2.09. The fraction of sp³-hybridized carbons (Fsp3) is 0.241. The first-order valence-electron chi connectivity index (χ1n) is 11.2. The average molecular weight is 433 g/mol. The first-order chi connectivity index (χ1) is 15.6. The zero-order valence-corrected chi connectivity index (χ0v) is 18.2. The topological polar surface area (TPSA) is 0 Å². The molecule has 4 aromatic carbocycles. The number of halogens is 3. The van der Waals surface area contributed by atoms with Gasteiger partial charge in [-0.25, -0.2) is 13.2 Å². The lowest BCUT2D eigenvalue weighted by molar-refractivity contribution is 0.273. The van der Waals surface area contributed by atoms with Crippen molar-refractivity contribution in [3.05, 3.63) is 108 Å². The second-order valence-electron chi connectivity index (χ2n) is 8.36. The third-order valence-electron chi connectivity index (χ3n) is 6.14. The molecule has 0 aliphatic heterocycles. The van der Waals surface area contributed by atoms with E-state index in [1.165, 1.54) is 18.2 Å². The van der Waals surface area contributed by atoms with Crippen molar-refractivity contribution >= 4 is 10.8 Å². The van der Waals surface area contributed by atoms with Crippen LogP contribution >= 0.6 is 0 Å². The van der Waals surface area contributed by atoms with Gasteiger partial charge in [0, 0.05) is 11.5 Å². The van der Waals surface area contributed by atoms with Crippen molar-refractivity contribution in [3.8, 4) is 11.1 Å². The maximum absolute atomic E-state index is 15.9. The summed E-state index contributed by atoms with van der Waals surface area (Å²) in [5, 5.41) is 2.07. The second kappa shape index (κ2) is 10.0. The highest BCUT2D eigenvalue weighted by molar-refractivity contribution is 5.83. The Kier molecular flexibility index (Phi) is 6.94. The SMILES string of the molecule is CCCCCC(c1ccc(-c2ccc(F)cc2)c(F)c1)C(F)c1ccc2ccccc2c1. The van der Waals surface area contributed by atoms with Crippen LogP contribution in [0.3, 0.4) is 0 Å². The maximum atomic E-state index is 15.9. The van der Waals surface area contributed by atoms with E-state index in [1.54, 1.807) is 18.2 Å². The monoisotopic (exact) mass is 432 g/mol. The van der Waals surface area contributed by atoms with Crippen LogP contribution in [0.5, 0.6) is 0 Å². The first kappa shape index (κ1) is 22.1. The minimum atomic E-state index is -1.23. The van der Waals surface area contributed by atoms with Crippen molar-refractivity contribution in [2.45, 2.75) is 44.7 Å². The molecule has 0 fully saturated rings. The van der Waals surface area contributed by atoms with Crippen LogP contribution in [0.4, 0.5) is 13.2 Å². The Morgan fingerprint density at radius 2 is 1.44 bits per heavy atom. The smallest absolute Gasteiger partial charge is 0.132 e. The molecule has 0 aliphatic rings. The average Bonchev–Trinajstić information content (AvgIpc) is 2.82. The Bertz CT molecular complexity index is 1180. The van der Waals surface area contributed by atoms with Crippen LogP contribution in [0.25, 0.3) is 21.9 Å². The fourth-order valence-electron chi connectivity index (χ4n) is 4.33. The molecule has 0 N–H and O–H groups in total. The summed E-state index contributed by atoms with van der Waals surface area (Å²) in [6.45, 7) is 2.11. The van der Waals surface area contributed by atoms with Crippen LogP contribution < -0.4 is 0 Å². The van der Waals surface area contributed by atoms with E-state index in [-0.39, 0.29) is 5.82 Å². The second-order valence-corrected chi connectivity index (χ2v) is 8.36. The van der Waals surface area contributed by atoms with Gasteiger partial charge in [0.2, 0.25) is 0 Å². The summed E-state index contributed by atoms with van der Waals surface area (Å²) in [6, 6.07) is 24.3. The van der Waals surface area contributed by atoms with E-state index in [1.807, 2.05) is 48.5 Å². The van der Waals surface area contributed by atoms with Crippen LogP contribution in [0.2, 0.25) is 0 Å². The number of fused-ring (bicyclic) bond motifs is 1. The van der Waals surface area contributed by atoms with Crippen molar-refractivity contribution in [3.63, 3.8) is 0 Å². The number of unbranched alkanes of at least 4 members (excludes halogenated alkanes) is 2. The zero-order chi connectivity index (χ0) is 22.5. The maximum Gasteiger partial charge on any atom is 0.132 e. The molecule has 2 unspecified atom stereocenters. The number of benzene rings is 4. The molecule has 0 amide bonds. The molecule has 32 heavy (non-hydrogen) atoms. The fourth-order valence-corrected chi connectivity index (χ4v) is 4.33. The summed E-state index contributed by atoms with van der Waals surface area (Å²) >= 11 is 0. The predicted octanol–water partition coefficient (Wildman–Crippen LogP) is 9.16. The molecule has 0 radical (unpaired) electrons. The van der Waals surface area contributed by atoms with Gasteiger partial charge in [0.15, 0.2) is 0 Å². The summed E-state index contributed by atoms with van der Waals surface area (Å²) in [5.74, 6) is -1.21. The minimum absolute atomic E-state index is 0.363. The van der Waals surface area contributed by atoms with Crippen molar-refractivity contribution in [1.82, 2.24) is 0 Å². The van der Waals surface area contributed by atoms with Gasteiger partial charge in [-0.05, 0) is 58.1 Å². The van der Waals surface area contributed by atoms with Gasteiger partial charge in [0.05, 0.1) is 0 Å². The summed E-state index contributed by atoms with van der Waals surface area (Å²) in [7, 11) is 0. The molecular weight excluding hydrogens is 405 g/mol. The summed E-state index contributed by atoms with van der Waals surface area (Å²) in [4.78, 5) is 0. The van der Waals surface area contributed by atoms with E-state index >= 15 is 8.78 Å². The first-order valence-corrected chi connectivity index (χ1v) is 11.2. The highest BCUT2D eigenvalue weighted by Crippen LogP contribution is 2.40. The van der Waals surface area contributed by atoms with Crippen LogP contribution in [0.1, 0.15) is 55.8 Å². The van der Waals surface area contributed by atoms with Crippen molar-refractivity contribution < 1.29 is 13.2 Å². The molecule has 0 aliphatic carbocycles. The van der Waals surface area contributed by atoms with Crippen molar-refractivity contribution in [2.24, 2.45) is 0 Å². The van der Waals surface area contributed by atoms with Gasteiger partial charge in [0.1, 0.15) is 17.8 Å². The van der Waals surface area contributed by atoms with Crippen LogP contribution in [-0.4, -0.2) is 0 Å². The van der Waals surface area contributed by atoms with E-state index in [2.05, 4.69) is 6.92 Å². The predicted molar refractivity (Wildman–Crippen MR) is 126 cm³/mol. The summed E-state index contributed by atoms with van der Waals surface area (Å²) in [5.41, 5.74) is 2.27. The molecule has 4 aromatic rings. The third-order valence-corrected chi connectivity index (χ3v) is 6.14. The Balaban J connectivity index is 1.67. The molecule has 0 spiro atoms. The van der Waals surface area contributed by atoms with Gasteiger partial charge < -0.3 is 0 Å². The van der Waals surface area contributed by atoms with E-state index in [9.17, 15) is 4.39 Å². The molecule has 0 bridgehead atoms. The highest BCUT2D eigenvalue weighted by atomic mass is 19.1. The minimum Gasteiger partial charge on any atom is -0.242 e. The highest BCUT2D eigenvalue weighted by Gasteiger charge is 2.25. The third kappa shape index (κ3) is 4.88. The largest absolute Gasteiger partial charge is 0.242 e. The molecule has 0 nitrogen and oxygen atoms in total. The number of rotatable bonds is 8. The summed E-state index contributed by atoms with van der Waals surface area (Å²) in [6.07, 6.45) is 2.36. The van der Waals surface area contributed by atoms with Crippen LogP contribution in [-0.2, 0) is 0 Å². The van der Waals surface area contributed by atoms with Gasteiger partial charge in [0.25, 0.3) is 0 Å². The van der Waals surface area contributed by atoms with Crippen molar-refractivity contribution in [1.29, 1.82) is 0 Å². The molecule has 0 saturated heterocycles. The normalized spacial score (nSPS) is 13.2. The Labute approximate surface area is 187 Å². The van der Waals surface area contributed by atoms with Gasteiger partial charge >= 0.3 is 0 Å². The van der Waals surface area contributed by atoms with E-state index in [0.29, 0.717) is 28.7 Å². The zero-order valence-electron chi connectivity index (χ0n) is 18.2. The molecule has 2 atom stereocenters. The van der Waals surface area contributed by atoms with Crippen LogP contribution in [0, 0.1) is 11.6 Å². The van der Waals surface area contributed by atoms with E-state index in [4.69, 9.17) is 0 Å². The molecule has 4 rings (SSSR count). The Morgan fingerprint density at radius 1 is 0.719 bits per heavy atom. The van der Waals surface area contributed by atoms with Gasteiger partial charge in [-0.2, -0.15) is 0 Å². The molecular formula is C29H27F3. The number of hydrogen-bond acceptors (Lipinski definition) is 0. The molecule has 164 valence electrons. The van der Waals surface area contributed by atoms with Gasteiger partial charge in [-0.15, -0.1) is 0 Å². The summed E-state index contributed by atoms with van der Waals surface area (Å²) < 4.78 is 44.2. The Hall–Kier alpha value is -3.07. The van der Waals surface area contributed by atoms with Gasteiger partial charge in [-0.1, -0.05) is 86.8 Å². The van der Waals surface area contributed by atoms with Crippen molar-refractivity contribution in [2.75, 3.05) is 0 Å². The Morgan fingerprint density at radius 3 is 2.16 bits per heavy atom. The van der Waals surface area contributed by atoms with E-state index in [0.717, 1.165) is 30.0 Å². The standard InChI is InChI=1S/C29H27F3/c1-2-3-4-9-27(29(32)24-11-10-20-7-5-6-8-22(20)18-24)23-14-17-26(28(31)19-23)21-12-15-25(30)16-13-21/h5-8,10-19,27,29H,2-4,9H2,1H3. The van der Waals surface area contributed by atoms with Gasteiger partial charge in [-0.3, -0.25) is 0 Å². The molecule has 0 saturated carbocycles. The molecule has 0 heterocycles. The number of hydrogen-bond donors (Lipinski definition) is 0. The quantitative estimate of drug-likeness (QED) is 0.243. The molecule has 0 aromatic heterocycles. The molecule has 3 heteroatoms. The van der Waals surface area contributed by atoms with Crippen LogP contribution in [0.15, 0.2) is 84.9 Å². The lowest BCUT2D eigenvalue weighted by atomic mass is 9.84. The number of alkyl halides is 1. The lowest BCUT2D eigenvalue weighted by Gasteiger charge is -2.23.